The van der Waals surface area contributed by atoms with Gasteiger partial charge in [0.1, 0.15) is 11.3 Å². The van der Waals surface area contributed by atoms with Gasteiger partial charge in [0.2, 0.25) is 0 Å². The highest BCUT2D eigenvalue weighted by molar-refractivity contribution is 7.06. The molecule has 110 valence electrons. The van der Waals surface area contributed by atoms with Crippen molar-refractivity contribution in [1.82, 2.24) is 4.37 Å². The van der Waals surface area contributed by atoms with Gasteiger partial charge in [0.15, 0.2) is 0 Å². The SMILES string of the molecule is CCOC(=O)c1c(-c2c(Cl)cccc2Cl)nsc1C1CC1. The third kappa shape index (κ3) is 2.80. The van der Waals surface area contributed by atoms with E-state index in [0.717, 1.165) is 17.7 Å². The molecule has 1 aliphatic rings. The molecule has 1 saturated carbocycles. The number of halogens is 2. The Kier molecular flexibility index (Phi) is 4.20. The van der Waals surface area contributed by atoms with E-state index in [9.17, 15) is 4.79 Å². The molecule has 3 rings (SSSR count). The van der Waals surface area contributed by atoms with Crippen molar-refractivity contribution in [3.05, 3.63) is 38.7 Å². The van der Waals surface area contributed by atoms with Gasteiger partial charge >= 0.3 is 5.97 Å². The van der Waals surface area contributed by atoms with E-state index in [-0.39, 0.29) is 5.97 Å². The summed E-state index contributed by atoms with van der Waals surface area (Å²) in [4.78, 5) is 13.3. The first-order valence-electron chi connectivity index (χ1n) is 6.74. The van der Waals surface area contributed by atoms with Gasteiger partial charge in [0.25, 0.3) is 0 Å². The van der Waals surface area contributed by atoms with E-state index in [1.165, 1.54) is 11.5 Å². The Morgan fingerprint density at radius 2 is 2.05 bits per heavy atom. The van der Waals surface area contributed by atoms with Gasteiger partial charge in [0.05, 0.1) is 16.7 Å². The van der Waals surface area contributed by atoms with Crippen molar-refractivity contribution in [3.8, 4) is 11.3 Å². The van der Waals surface area contributed by atoms with Crippen LogP contribution in [0.25, 0.3) is 11.3 Å². The van der Waals surface area contributed by atoms with Crippen molar-refractivity contribution in [1.29, 1.82) is 0 Å². The number of hydrogen-bond donors (Lipinski definition) is 0. The molecule has 0 radical (unpaired) electrons. The van der Waals surface area contributed by atoms with Crippen molar-refractivity contribution >= 4 is 40.7 Å². The van der Waals surface area contributed by atoms with Gasteiger partial charge in [-0.15, -0.1) is 0 Å². The number of ether oxygens (including phenoxy) is 1. The van der Waals surface area contributed by atoms with Crippen molar-refractivity contribution in [2.24, 2.45) is 0 Å². The second-order valence-electron chi connectivity index (χ2n) is 4.86. The molecule has 0 bridgehead atoms. The molecule has 0 aliphatic heterocycles. The van der Waals surface area contributed by atoms with E-state index in [2.05, 4.69) is 4.37 Å². The number of aromatic nitrogens is 1. The Bertz CT molecular complexity index is 675. The molecule has 0 spiro atoms. The van der Waals surface area contributed by atoms with Crippen LogP contribution in [-0.2, 0) is 4.74 Å². The lowest BCUT2D eigenvalue weighted by Crippen LogP contribution is -2.07. The smallest absolute Gasteiger partial charge is 0.341 e. The zero-order chi connectivity index (χ0) is 15.0. The molecular formula is C15H13Cl2NO2S. The maximum absolute atomic E-state index is 12.3. The highest BCUT2D eigenvalue weighted by atomic mass is 35.5. The number of rotatable bonds is 4. The maximum Gasteiger partial charge on any atom is 0.341 e. The summed E-state index contributed by atoms with van der Waals surface area (Å²) in [6.07, 6.45) is 2.18. The van der Waals surface area contributed by atoms with Gasteiger partial charge in [0, 0.05) is 10.4 Å². The minimum Gasteiger partial charge on any atom is -0.462 e. The summed E-state index contributed by atoms with van der Waals surface area (Å²) in [5.41, 5.74) is 1.67. The van der Waals surface area contributed by atoms with Crippen LogP contribution in [0.3, 0.4) is 0 Å². The Balaban J connectivity index is 2.16. The third-order valence-electron chi connectivity index (χ3n) is 3.35. The first-order chi connectivity index (χ1) is 10.1. The quantitative estimate of drug-likeness (QED) is 0.720. The first-order valence-corrected chi connectivity index (χ1v) is 8.27. The minimum atomic E-state index is -0.348. The molecule has 21 heavy (non-hydrogen) atoms. The molecule has 2 aromatic rings. The van der Waals surface area contributed by atoms with Crippen molar-refractivity contribution in [2.45, 2.75) is 25.7 Å². The third-order valence-corrected chi connectivity index (χ3v) is 4.98. The normalized spacial score (nSPS) is 14.2. The zero-order valence-electron chi connectivity index (χ0n) is 11.4. The Labute approximate surface area is 137 Å². The summed E-state index contributed by atoms with van der Waals surface area (Å²) < 4.78 is 9.63. The second kappa shape index (κ2) is 5.95. The molecule has 0 saturated heterocycles. The summed E-state index contributed by atoms with van der Waals surface area (Å²) in [6, 6.07) is 5.26. The van der Waals surface area contributed by atoms with Crippen LogP contribution in [0.4, 0.5) is 0 Å². The van der Waals surface area contributed by atoms with Gasteiger partial charge in [-0.1, -0.05) is 29.3 Å². The number of benzene rings is 1. The van der Waals surface area contributed by atoms with Gasteiger partial charge in [-0.25, -0.2) is 4.79 Å². The molecule has 1 aliphatic carbocycles. The molecule has 6 heteroatoms. The molecule has 0 N–H and O–H groups in total. The molecular weight excluding hydrogens is 329 g/mol. The van der Waals surface area contributed by atoms with Gasteiger partial charge < -0.3 is 4.74 Å². The van der Waals surface area contributed by atoms with Gasteiger partial charge in [-0.05, 0) is 49.3 Å². The molecule has 1 aromatic heterocycles. The van der Waals surface area contributed by atoms with Crippen LogP contribution < -0.4 is 0 Å². The summed E-state index contributed by atoms with van der Waals surface area (Å²) in [5.74, 6) is 0.0658. The van der Waals surface area contributed by atoms with Crippen molar-refractivity contribution in [2.75, 3.05) is 6.61 Å². The van der Waals surface area contributed by atoms with Crippen molar-refractivity contribution < 1.29 is 9.53 Å². The maximum atomic E-state index is 12.3. The lowest BCUT2D eigenvalue weighted by Gasteiger charge is -2.08. The van der Waals surface area contributed by atoms with E-state index < -0.39 is 0 Å². The molecule has 3 nitrogen and oxygen atoms in total. The molecule has 0 unspecified atom stereocenters. The first kappa shape index (κ1) is 14.8. The number of carbonyl (C=O) groups excluding carboxylic acids is 1. The van der Waals surface area contributed by atoms with E-state index in [1.54, 1.807) is 25.1 Å². The molecule has 1 fully saturated rings. The highest BCUT2D eigenvalue weighted by Crippen LogP contribution is 2.47. The fourth-order valence-electron chi connectivity index (χ4n) is 2.22. The predicted molar refractivity (Wildman–Crippen MR) is 85.5 cm³/mol. The number of carbonyl (C=O) groups is 1. The minimum absolute atomic E-state index is 0.328. The van der Waals surface area contributed by atoms with Crippen LogP contribution in [0.1, 0.15) is 40.9 Å². The Morgan fingerprint density at radius 3 is 2.62 bits per heavy atom. The fourth-order valence-corrected chi connectivity index (χ4v) is 3.83. The van der Waals surface area contributed by atoms with Crippen LogP contribution in [0.2, 0.25) is 10.0 Å². The summed E-state index contributed by atoms with van der Waals surface area (Å²) in [5, 5.41) is 0.974. The van der Waals surface area contributed by atoms with Crippen LogP contribution in [0.15, 0.2) is 18.2 Å². The lowest BCUT2D eigenvalue weighted by atomic mass is 10.0. The Morgan fingerprint density at radius 1 is 1.38 bits per heavy atom. The van der Waals surface area contributed by atoms with E-state index in [1.807, 2.05) is 0 Å². The number of nitrogens with zero attached hydrogens (tertiary/aromatic N) is 1. The summed E-state index contributed by atoms with van der Waals surface area (Å²) in [7, 11) is 0. The summed E-state index contributed by atoms with van der Waals surface area (Å²) >= 11 is 13.8. The zero-order valence-corrected chi connectivity index (χ0v) is 13.7. The van der Waals surface area contributed by atoms with E-state index in [0.29, 0.717) is 39.4 Å². The second-order valence-corrected chi connectivity index (χ2v) is 6.48. The van der Waals surface area contributed by atoms with Crippen LogP contribution in [0, 0.1) is 0 Å². The highest BCUT2D eigenvalue weighted by Gasteiger charge is 2.34. The number of esters is 1. The molecule has 1 heterocycles. The lowest BCUT2D eigenvalue weighted by molar-refractivity contribution is 0.0526. The van der Waals surface area contributed by atoms with Crippen LogP contribution >= 0.6 is 34.7 Å². The van der Waals surface area contributed by atoms with Crippen LogP contribution in [0.5, 0.6) is 0 Å². The monoisotopic (exact) mass is 341 g/mol. The topological polar surface area (TPSA) is 39.2 Å². The van der Waals surface area contributed by atoms with E-state index >= 15 is 0 Å². The molecule has 1 aromatic carbocycles. The van der Waals surface area contributed by atoms with E-state index in [4.69, 9.17) is 27.9 Å². The number of hydrogen-bond acceptors (Lipinski definition) is 4. The average Bonchev–Trinajstić information content (AvgIpc) is 3.19. The predicted octanol–water partition coefficient (Wildman–Crippen LogP) is 5.17. The summed E-state index contributed by atoms with van der Waals surface area (Å²) in [6.45, 7) is 2.12. The molecule has 0 amide bonds. The molecule has 0 atom stereocenters. The van der Waals surface area contributed by atoms with Crippen LogP contribution in [-0.4, -0.2) is 16.9 Å². The van der Waals surface area contributed by atoms with Gasteiger partial charge in [-0.2, -0.15) is 4.37 Å². The fraction of sp³-hybridized carbons (Fsp3) is 0.333. The largest absolute Gasteiger partial charge is 0.462 e. The van der Waals surface area contributed by atoms with Crippen molar-refractivity contribution in [3.63, 3.8) is 0 Å². The Hall–Kier alpha value is -1.10. The van der Waals surface area contributed by atoms with Gasteiger partial charge in [-0.3, -0.25) is 0 Å². The average molecular weight is 342 g/mol. The standard InChI is InChI=1S/C15H13Cl2NO2S/c1-2-20-15(19)12-13(18-21-14(12)8-6-7-8)11-9(16)4-3-5-10(11)17/h3-5,8H,2,6-7H2,1H3.